The Morgan fingerprint density at radius 1 is 1.29 bits per heavy atom. The van der Waals surface area contributed by atoms with E-state index in [0.717, 1.165) is 9.75 Å². The van der Waals surface area contributed by atoms with Gasteiger partial charge in [-0.15, -0.1) is 11.3 Å². The first kappa shape index (κ1) is 12.5. The third-order valence-electron chi connectivity index (χ3n) is 2.48. The number of carbonyl (C=O) groups excluding carboxylic acids is 1. The molecule has 0 N–H and O–H groups in total. The van der Waals surface area contributed by atoms with Gasteiger partial charge in [-0.1, -0.05) is 6.07 Å². The molecule has 0 bridgehead atoms. The Morgan fingerprint density at radius 2 is 2.00 bits per heavy atom. The number of aryl methyl sites for hydroxylation is 2. The highest BCUT2D eigenvalue weighted by molar-refractivity contribution is 9.10. The summed E-state index contributed by atoms with van der Waals surface area (Å²) in [7, 11) is 0. The van der Waals surface area contributed by atoms with Gasteiger partial charge < -0.3 is 0 Å². The average Bonchev–Trinajstić information content (AvgIpc) is 2.61. The number of rotatable bonds is 2. The van der Waals surface area contributed by atoms with Gasteiger partial charge in [0.1, 0.15) is 5.82 Å². The number of ketones is 1. The minimum Gasteiger partial charge on any atom is -0.288 e. The predicted molar refractivity (Wildman–Crippen MR) is 71.3 cm³/mol. The van der Waals surface area contributed by atoms with Crippen LogP contribution in [0.3, 0.4) is 0 Å². The largest absolute Gasteiger partial charge is 0.288 e. The molecule has 0 spiro atoms. The van der Waals surface area contributed by atoms with Crippen LogP contribution in [0.4, 0.5) is 4.39 Å². The predicted octanol–water partition coefficient (Wildman–Crippen LogP) is 4.50. The number of benzene rings is 1. The van der Waals surface area contributed by atoms with E-state index in [4.69, 9.17) is 0 Å². The topological polar surface area (TPSA) is 17.1 Å². The van der Waals surface area contributed by atoms with E-state index in [9.17, 15) is 9.18 Å². The molecule has 0 amide bonds. The van der Waals surface area contributed by atoms with Crippen LogP contribution in [0.1, 0.15) is 25.7 Å². The molecule has 2 aromatic rings. The van der Waals surface area contributed by atoms with Gasteiger partial charge in [0.15, 0.2) is 5.78 Å². The fourth-order valence-corrected chi connectivity index (χ4v) is 2.97. The molecule has 1 aromatic heterocycles. The summed E-state index contributed by atoms with van der Waals surface area (Å²) in [4.78, 5) is 14.2. The van der Waals surface area contributed by atoms with E-state index in [0.29, 0.717) is 10.0 Å². The normalized spacial score (nSPS) is 10.6. The van der Waals surface area contributed by atoms with Crippen LogP contribution in [0.5, 0.6) is 0 Å². The number of halogens is 2. The van der Waals surface area contributed by atoms with Crippen molar-refractivity contribution < 1.29 is 9.18 Å². The van der Waals surface area contributed by atoms with Crippen LogP contribution in [0.15, 0.2) is 28.7 Å². The molecule has 1 nitrogen and oxygen atoms in total. The summed E-state index contributed by atoms with van der Waals surface area (Å²) < 4.78 is 14.1. The minimum atomic E-state index is -0.499. The summed E-state index contributed by atoms with van der Waals surface area (Å²) in [5, 5.41) is 0. The maximum Gasteiger partial charge on any atom is 0.197 e. The van der Waals surface area contributed by atoms with Crippen LogP contribution < -0.4 is 0 Å². The smallest absolute Gasteiger partial charge is 0.197 e. The molecule has 1 heterocycles. The molecule has 0 radical (unpaired) electrons. The lowest BCUT2D eigenvalue weighted by atomic mass is 10.0. The van der Waals surface area contributed by atoms with Crippen molar-refractivity contribution in [2.24, 2.45) is 0 Å². The first-order valence-electron chi connectivity index (χ1n) is 5.06. The Bertz CT molecular complexity index is 589. The first-order chi connectivity index (χ1) is 8.00. The molecular weight excluding hydrogens is 303 g/mol. The van der Waals surface area contributed by atoms with Gasteiger partial charge >= 0.3 is 0 Å². The van der Waals surface area contributed by atoms with Crippen molar-refractivity contribution in [3.8, 4) is 0 Å². The Kier molecular flexibility index (Phi) is 3.45. The molecule has 0 aliphatic heterocycles. The van der Waals surface area contributed by atoms with Crippen molar-refractivity contribution in [2.75, 3.05) is 0 Å². The fourth-order valence-electron chi connectivity index (χ4n) is 1.68. The van der Waals surface area contributed by atoms with Crippen molar-refractivity contribution in [3.05, 3.63) is 55.4 Å². The van der Waals surface area contributed by atoms with E-state index >= 15 is 0 Å². The summed E-state index contributed by atoms with van der Waals surface area (Å²) >= 11 is 4.63. The van der Waals surface area contributed by atoms with Crippen LogP contribution in [0, 0.1) is 19.7 Å². The molecule has 0 atom stereocenters. The van der Waals surface area contributed by atoms with Crippen molar-refractivity contribution in [3.63, 3.8) is 0 Å². The van der Waals surface area contributed by atoms with Crippen molar-refractivity contribution in [2.45, 2.75) is 13.8 Å². The van der Waals surface area contributed by atoms with E-state index in [1.807, 2.05) is 19.9 Å². The molecule has 0 fully saturated rings. The molecule has 2 rings (SSSR count). The molecule has 0 aliphatic rings. The lowest BCUT2D eigenvalue weighted by Crippen LogP contribution is -2.04. The van der Waals surface area contributed by atoms with E-state index in [-0.39, 0.29) is 11.3 Å². The van der Waals surface area contributed by atoms with Crippen LogP contribution in [-0.2, 0) is 0 Å². The maximum absolute atomic E-state index is 13.8. The fraction of sp³-hybridized carbons (Fsp3) is 0.154. The lowest BCUT2D eigenvalue weighted by Gasteiger charge is -2.03. The molecule has 0 saturated heterocycles. The van der Waals surface area contributed by atoms with Crippen LogP contribution in [-0.4, -0.2) is 5.78 Å². The summed E-state index contributed by atoms with van der Waals surface area (Å²) in [6.45, 7) is 3.81. The number of hydrogen-bond acceptors (Lipinski definition) is 2. The highest BCUT2D eigenvalue weighted by Gasteiger charge is 2.18. The third kappa shape index (κ3) is 2.33. The summed E-state index contributed by atoms with van der Waals surface area (Å²) in [6, 6.07) is 6.56. The van der Waals surface area contributed by atoms with Crippen molar-refractivity contribution in [1.82, 2.24) is 0 Å². The summed E-state index contributed by atoms with van der Waals surface area (Å²) in [6.07, 6.45) is 0. The van der Waals surface area contributed by atoms with E-state index in [1.54, 1.807) is 23.5 Å². The zero-order valence-electron chi connectivity index (χ0n) is 9.38. The Balaban J connectivity index is 2.51. The highest BCUT2D eigenvalue weighted by Crippen LogP contribution is 2.26. The molecular formula is C13H10BrFOS. The molecule has 88 valence electrons. The molecule has 0 aliphatic carbocycles. The second-order valence-electron chi connectivity index (χ2n) is 3.76. The van der Waals surface area contributed by atoms with Crippen molar-refractivity contribution >= 4 is 33.0 Å². The Labute approximate surface area is 111 Å². The number of hydrogen-bond donors (Lipinski definition) is 0. The van der Waals surface area contributed by atoms with Crippen LogP contribution >= 0.6 is 27.3 Å². The number of carbonyl (C=O) groups is 1. The monoisotopic (exact) mass is 312 g/mol. The van der Waals surface area contributed by atoms with Gasteiger partial charge in [-0.25, -0.2) is 4.39 Å². The molecule has 0 saturated carbocycles. The SMILES string of the molecule is Cc1cc(C(=O)c2cccc(Br)c2F)c(C)s1. The lowest BCUT2D eigenvalue weighted by molar-refractivity contribution is 0.103. The van der Waals surface area contributed by atoms with Gasteiger partial charge in [0.25, 0.3) is 0 Å². The van der Waals surface area contributed by atoms with Gasteiger partial charge in [0.05, 0.1) is 10.0 Å². The van der Waals surface area contributed by atoms with E-state index in [1.165, 1.54) is 6.07 Å². The number of thiophene rings is 1. The zero-order chi connectivity index (χ0) is 12.6. The van der Waals surface area contributed by atoms with Gasteiger partial charge in [0.2, 0.25) is 0 Å². The standard InChI is InChI=1S/C13H10BrFOS/c1-7-6-10(8(2)17-7)13(16)9-4-3-5-11(14)12(9)15/h3-6H,1-2H3. The van der Waals surface area contributed by atoms with E-state index in [2.05, 4.69) is 15.9 Å². The van der Waals surface area contributed by atoms with Crippen LogP contribution in [0.2, 0.25) is 0 Å². The highest BCUT2D eigenvalue weighted by atomic mass is 79.9. The van der Waals surface area contributed by atoms with Crippen molar-refractivity contribution in [1.29, 1.82) is 0 Å². The first-order valence-corrected chi connectivity index (χ1v) is 6.67. The Hall–Kier alpha value is -1.000. The summed E-state index contributed by atoms with van der Waals surface area (Å²) in [5.41, 5.74) is 0.699. The van der Waals surface area contributed by atoms with Gasteiger partial charge in [-0.05, 0) is 48.0 Å². The van der Waals surface area contributed by atoms with Gasteiger partial charge in [-0.2, -0.15) is 0 Å². The van der Waals surface area contributed by atoms with Gasteiger partial charge in [-0.3, -0.25) is 4.79 Å². The zero-order valence-corrected chi connectivity index (χ0v) is 11.8. The second-order valence-corrected chi connectivity index (χ2v) is 6.07. The molecule has 0 unspecified atom stereocenters. The van der Waals surface area contributed by atoms with Gasteiger partial charge in [0, 0.05) is 15.3 Å². The average molecular weight is 313 g/mol. The van der Waals surface area contributed by atoms with E-state index < -0.39 is 5.82 Å². The molecule has 4 heteroatoms. The molecule has 17 heavy (non-hydrogen) atoms. The quantitative estimate of drug-likeness (QED) is 0.746. The third-order valence-corrected chi connectivity index (χ3v) is 4.06. The second kappa shape index (κ2) is 4.70. The molecule has 1 aromatic carbocycles. The Morgan fingerprint density at radius 3 is 2.59 bits per heavy atom. The van der Waals surface area contributed by atoms with Crippen LogP contribution in [0.25, 0.3) is 0 Å². The maximum atomic E-state index is 13.8. The minimum absolute atomic E-state index is 0.111. The summed E-state index contributed by atoms with van der Waals surface area (Å²) in [5.74, 6) is -0.758.